The van der Waals surface area contributed by atoms with Crippen molar-refractivity contribution in [2.75, 3.05) is 0 Å². The molecule has 0 saturated carbocycles. The molecule has 0 saturated heterocycles. The number of rotatable bonds is 4. The fourth-order valence-electron chi connectivity index (χ4n) is 3.03. The Balaban J connectivity index is 1.92. The number of imidazole rings is 1. The molecule has 0 unspecified atom stereocenters. The zero-order chi connectivity index (χ0) is 20.6. The highest BCUT2D eigenvalue weighted by atomic mass is 35.5. The Bertz CT molecular complexity index is 1060. The summed E-state index contributed by atoms with van der Waals surface area (Å²) in [4.78, 5) is 32.4. The van der Waals surface area contributed by atoms with Crippen molar-refractivity contribution in [2.45, 2.75) is 46.7 Å². The van der Waals surface area contributed by atoms with Gasteiger partial charge >= 0.3 is 5.69 Å². The van der Waals surface area contributed by atoms with Gasteiger partial charge in [-0.15, -0.1) is 0 Å². The fraction of sp³-hybridized carbons (Fsp3) is 0.381. The molecule has 2 heterocycles. The second kappa shape index (κ2) is 7.43. The largest absolute Gasteiger partial charge is 0.344 e. The van der Waals surface area contributed by atoms with Gasteiger partial charge in [0.15, 0.2) is 0 Å². The molecule has 0 aliphatic heterocycles. The number of nitrogens with zero attached hydrogens (tertiary/aromatic N) is 2. The molecule has 148 valence electrons. The molecule has 0 aliphatic carbocycles. The third-order valence-electron chi connectivity index (χ3n) is 5.16. The van der Waals surface area contributed by atoms with Gasteiger partial charge in [-0.1, -0.05) is 32.4 Å². The summed E-state index contributed by atoms with van der Waals surface area (Å²) in [6, 6.07) is 8.44. The Labute approximate surface area is 168 Å². The molecule has 0 bridgehead atoms. The Morgan fingerprint density at radius 1 is 1.21 bits per heavy atom. The van der Waals surface area contributed by atoms with E-state index in [4.69, 9.17) is 11.6 Å². The number of hydrogen-bond donors (Lipinski definition) is 2. The molecule has 7 heteroatoms. The predicted octanol–water partition coefficient (Wildman–Crippen LogP) is 4.48. The minimum atomic E-state index is -0.276. The van der Waals surface area contributed by atoms with Crippen LogP contribution < -0.4 is 11.0 Å². The van der Waals surface area contributed by atoms with E-state index in [-0.39, 0.29) is 29.1 Å². The summed E-state index contributed by atoms with van der Waals surface area (Å²) in [5, 5.41) is 3.49. The van der Waals surface area contributed by atoms with Crippen LogP contribution in [0.3, 0.4) is 0 Å². The number of fused-ring (bicyclic) bond motifs is 1. The Kier molecular flexibility index (Phi) is 5.35. The van der Waals surface area contributed by atoms with Crippen molar-refractivity contribution in [3.8, 4) is 0 Å². The zero-order valence-corrected chi connectivity index (χ0v) is 17.5. The number of halogens is 1. The van der Waals surface area contributed by atoms with Crippen LogP contribution in [0.15, 0.2) is 41.3 Å². The number of carbonyl (C=O) groups is 1. The van der Waals surface area contributed by atoms with Crippen molar-refractivity contribution >= 4 is 28.5 Å². The first-order valence-electron chi connectivity index (χ1n) is 9.24. The van der Waals surface area contributed by atoms with E-state index in [9.17, 15) is 9.59 Å². The molecule has 3 rings (SSSR count). The molecule has 0 spiro atoms. The normalized spacial score (nSPS) is 14.1. The number of aromatic amines is 1. The van der Waals surface area contributed by atoms with Gasteiger partial charge in [-0.3, -0.25) is 14.3 Å². The zero-order valence-electron chi connectivity index (χ0n) is 16.7. The topological polar surface area (TPSA) is 79.8 Å². The van der Waals surface area contributed by atoms with E-state index in [0.717, 1.165) is 11.2 Å². The SMILES string of the molecule is C[C@H](NC(=O)c1ccc2[nH]c(=O)n([C@H](C)C(C)(C)C)c2c1)c1ccc(Cl)cn1. The number of amides is 1. The highest BCUT2D eigenvalue weighted by Crippen LogP contribution is 2.31. The maximum absolute atomic E-state index is 12.8. The standard InChI is InChI=1S/C21H25ClN4O2/c1-12(16-9-7-15(22)11-23-16)24-19(27)14-6-8-17-18(10-14)26(20(28)25-17)13(2)21(3,4)5/h6-13H,1-5H3,(H,24,27)(H,25,28)/t12-,13+/m0/s1. The maximum Gasteiger partial charge on any atom is 0.326 e. The molecular weight excluding hydrogens is 376 g/mol. The Hall–Kier alpha value is -2.60. The van der Waals surface area contributed by atoms with Gasteiger partial charge in [-0.2, -0.15) is 0 Å². The summed E-state index contributed by atoms with van der Waals surface area (Å²) in [5.41, 5.74) is 2.36. The van der Waals surface area contributed by atoms with Gasteiger partial charge in [0.25, 0.3) is 5.91 Å². The molecule has 3 aromatic rings. The summed E-state index contributed by atoms with van der Waals surface area (Å²) in [5.74, 6) is -0.227. The second-order valence-electron chi connectivity index (χ2n) is 8.17. The van der Waals surface area contributed by atoms with Gasteiger partial charge in [-0.05, 0) is 49.6 Å². The molecule has 1 aromatic carbocycles. The van der Waals surface area contributed by atoms with E-state index >= 15 is 0 Å². The molecule has 2 N–H and O–H groups in total. The first-order valence-corrected chi connectivity index (χ1v) is 9.62. The van der Waals surface area contributed by atoms with E-state index in [1.54, 1.807) is 41.1 Å². The van der Waals surface area contributed by atoms with Gasteiger partial charge in [0.05, 0.1) is 27.8 Å². The van der Waals surface area contributed by atoms with Crippen LogP contribution in [0, 0.1) is 5.41 Å². The molecule has 1 amide bonds. The van der Waals surface area contributed by atoms with Crippen LogP contribution in [-0.4, -0.2) is 20.4 Å². The first kappa shape index (κ1) is 20.1. The van der Waals surface area contributed by atoms with Crippen LogP contribution in [0.2, 0.25) is 5.02 Å². The lowest BCUT2D eigenvalue weighted by Gasteiger charge is -2.28. The number of aromatic nitrogens is 3. The minimum Gasteiger partial charge on any atom is -0.344 e. The quantitative estimate of drug-likeness (QED) is 0.677. The van der Waals surface area contributed by atoms with Crippen molar-refractivity contribution in [2.24, 2.45) is 5.41 Å². The van der Waals surface area contributed by atoms with Crippen molar-refractivity contribution in [3.05, 3.63) is 63.3 Å². The first-order chi connectivity index (χ1) is 13.1. The third kappa shape index (κ3) is 3.97. The molecule has 0 fully saturated rings. The van der Waals surface area contributed by atoms with Crippen molar-refractivity contribution < 1.29 is 4.79 Å². The number of benzene rings is 1. The lowest BCUT2D eigenvalue weighted by atomic mass is 9.88. The highest BCUT2D eigenvalue weighted by molar-refractivity contribution is 6.30. The van der Waals surface area contributed by atoms with Crippen molar-refractivity contribution in [3.63, 3.8) is 0 Å². The minimum absolute atomic E-state index is 0.0377. The van der Waals surface area contributed by atoms with Crippen LogP contribution in [0.4, 0.5) is 0 Å². The smallest absolute Gasteiger partial charge is 0.326 e. The molecular formula is C21H25ClN4O2. The van der Waals surface area contributed by atoms with E-state index in [0.29, 0.717) is 16.1 Å². The summed E-state index contributed by atoms with van der Waals surface area (Å²) in [6.07, 6.45) is 1.55. The molecule has 28 heavy (non-hydrogen) atoms. The van der Waals surface area contributed by atoms with Gasteiger partial charge in [0.2, 0.25) is 0 Å². The number of carbonyl (C=O) groups excluding carboxylic acids is 1. The lowest BCUT2D eigenvalue weighted by Crippen LogP contribution is -2.29. The van der Waals surface area contributed by atoms with E-state index in [1.165, 1.54) is 0 Å². The molecule has 2 aromatic heterocycles. The van der Waals surface area contributed by atoms with E-state index in [1.807, 2.05) is 13.8 Å². The molecule has 2 atom stereocenters. The number of H-pyrrole nitrogens is 1. The number of hydrogen-bond acceptors (Lipinski definition) is 3. The van der Waals surface area contributed by atoms with Crippen molar-refractivity contribution in [1.82, 2.24) is 19.9 Å². The van der Waals surface area contributed by atoms with Crippen molar-refractivity contribution in [1.29, 1.82) is 0 Å². The Morgan fingerprint density at radius 3 is 2.54 bits per heavy atom. The second-order valence-corrected chi connectivity index (χ2v) is 8.61. The molecule has 0 radical (unpaired) electrons. The average molecular weight is 401 g/mol. The number of nitrogens with one attached hydrogen (secondary N) is 2. The highest BCUT2D eigenvalue weighted by Gasteiger charge is 2.25. The average Bonchev–Trinajstić information content (AvgIpc) is 2.95. The monoisotopic (exact) mass is 400 g/mol. The maximum atomic E-state index is 12.8. The van der Waals surface area contributed by atoms with Gasteiger partial charge < -0.3 is 10.3 Å². The summed E-state index contributed by atoms with van der Waals surface area (Å²) >= 11 is 5.87. The third-order valence-corrected chi connectivity index (χ3v) is 5.39. The summed E-state index contributed by atoms with van der Waals surface area (Å²) in [7, 11) is 0. The van der Waals surface area contributed by atoms with Gasteiger partial charge in [0, 0.05) is 17.8 Å². The van der Waals surface area contributed by atoms with Crippen LogP contribution in [-0.2, 0) is 0 Å². The van der Waals surface area contributed by atoms with Crippen LogP contribution >= 0.6 is 11.6 Å². The predicted molar refractivity (Wildman–Crippen MR) is 112 cm³/mol. The van der Waals surface area contributed by atoms with Crippen LogP contribution in [0.1, 0.15) is 62.8 Å². The van der Waals surface area contributed by atoms with Gasteiger partial charge in [0.1, 0.15) is 0 Å². The lowest BCUT2D eigenvalue weighted by molar-refractivity contribution is 0.0939. The number of pyridine rings is 1. The Morgan fingerprint density at radius 2 is 1.93 bits per heavy atom. The van der Waals surface area contributed by atoms with Crippen LogP contribution in [0.5, 0.6) is 0 Å². The molecule has 6 nitrogen and oxygen atoms in total. The fourth-order valence-corrected chi connectivity index (χ4v) is 3.14. The van der Waals surface area contributed by atoms with Gasteiger partial charge in [-0.25, -0.2) is 4.79 Å². The summed E-state index contributed by atoms with van der Waals surface area (Å²) in [6.45, 7) is 10.1. The molecule has 0 aliphatic rings. The van der Waals surface area contributed by atoms with E-state index in [2.05, 4.69) is 36.1 Å². The summed E-state index contributed by atoms with van der Waals surface area (Å²) < 4.78 is 1.72. The van der Waals surface area contributed by atoms with Crippen LogP contribution in [0.25, 0.3) is 11.0 Å². The van der Waals surface area contributed by atoms with E-state index < -0.39 is 0 Å².